The number of benzene rings is 1. The first-order valence-corrected chi connectivity index (χ1v) is 8.85. The summed E-state index contributed by atoms with van der Waals surface area (Å²) in [6, 6.07) is 3.29. The maximum absolute atomic E-state index is 13.4. The van der Waals surface area contributed by atoms with Gasteiger partial charge in [-0.15, -0.1) is 0 Å². The number of nitrogens with zero attached hydrogens (tertiary/aromatic N) is 1. The molecule has 0 aromatic heterocycles. The Labute approximate surface area is 156 Å². The number of carbonyl (C=O) groups is 1. The molecule has 2 heterocycles. The number of hydrogen-bond acceptors (Lipinski definition) is 4. The monoisotopic (exact) mass is 385 g/mol. The van der Waals surface area contributed by atoms with Crippen molar-refractivity contribution in [1.82, 2.24) is 4.90 Å². The Kier molecular flexibility index (Phi) is 5.07. The van der Waals surface area contributed by atoms with Gasteiger partial charge in [0.05, 0.1) is 30.0 Å². The third-order valence-electron chi connectivity index (χ3n) is 5.35. The number of amides is 1. The lowest BCUT2D eigenvalue weighted by atomic mass is 9.77. The molecule has 1 amide bonds. The lowest BCUT2D eigenvalue weighted by molar-refractivity contribution is -0.137. The zero-order valence-electron chi connectivity index (χ0n) is 15.9. The molecule has 0 saturated carbocycles. The minimum absolute atomic E-state index is 0.0311. The van der Waals surface area contributed by atoms with Crippen molar-refractivity contribution < 1.29 is 32.0 Å². The molecule has 1 aromatic carbocycles. The molecule has 2 saturated heterocycles. The van der Waals surface area contributed by atoms with Gasteiger partial charge in [-0.1, -0.05) is 6.07 Å². The fourth-order valence-electron chi connectivity index (χ4n) is 3.00. The molecule has 2 aliphatic rings. The highest BCUT2D eigenvalue weighted by Gasteiger charge is 2.52. The second-order valence-electron chi connectivity index (χ2n) is 7.83. The normalized spacial score (nSPS) is 22.2. The van der Waals surface area contributed by atoms with E-state index in [0.717, 1.165) is 12.1 Å². The molecular weight excluding hydrogens is 362 g/mol. The molecule has 0 radical (unpaired) electrons. The van der Waals surface area contributed by atoms with Gasteiger partial charge in [-0.25, -0.2) is 0 Å². The van der Waals surface area contributed by atoms with E-state index >= 15 is 0 Å². The van der Waals surface area contributed by atoms with Crippen molar-refractivity contribution in [3.63, 3.8) is 0 Å². The molecule has 0 bridgehead atoms. The Balaban J connectivity index is 1.98. The van der Waals surface area contributed by atoms with Gasteiger partial charge in [0.15, 0.2) is 0 Å². The molecule has 5 nitrogen and oxygen atoms in total. The van der Waals surface area contributed by atoms with E-state index in [1.165, 1.54) is 11.0 Å². The first-order valence-electron chi connectivity index (χ1n) is 8.85. The van der Waals surface area contributed by atoms with Crippen molar-refractivity contribution in [2.45, 2.75) is 45.1 Å². The van der Waals surface area contributed by atoms with Gasteiger partial charge >= 0.3 is 13.3 Å². The van der Waals surface area contributed by atoms with Gasteiger partial charge in [0, 0.05) is 18.7 Å². The van der Waals surface area contributed by atoms with Crippen molar-refractivity contribution in [3.8, 4) is 0 Å². The predicted molar refractivity (Wildman–Crippen MR) is 93.9 cm³/mol. The zero-order chi connectivity index (χ0) is 20.0. The second-order valence-corrected chi connectivity index (χ2v) is 7.83. The van der Waals surface area contributed by atoms with Crippen LogP contribution in [-0.4, -0.2) is 55.4 Å². The summed E-state index contributed by atoms with van der Waals surface area (Å²) in [5.74, 6) is -0.456. The minimum Gasteiger partial charge on any atom is -0.399 e. The fourth-order valence-corrected chi connectivity index (χ4v) is 3.00. The Hall–Kier alpha value is -1.58. The third-order valence-corrected chi connectivity index (χ3v) is 5.35. The van der Waals surface area contributed by atoms with Gasteiger partial charge in [0.1, 0.15) is 0 Å². The first kappa shape index (κ1) is 20.2. The molecule has 9 heteroatoms. The highest BCUT2D eigenvalue weighted by Crippen LogP contribution is 2.37. The Morgan fingerprint density at radius 1 is 1.04 bits per heavy atom. The highest BCUT2D eigenvalue weighted by atomic mass is 19.4. The Morgan fingerprint density at radius 3 is 2.11 bits per heavy atom. The number of alkyl halides is 3. The molecular formula is C18H23BF3NO4. The van der Waals surface area contributed by atoms with Crippen molar-refractivity contribution in [3.05, 3.63) is 29.3 Å². The topological polar surface area (TPSA) is 48.0 Å². The quantitative estimate of drug-likeness (QED) is 0.735. The van der Waals surface area contributed by atoms with E-state index in [4.69, 9.17) is 14.0 Å². The second kappa shape index (κ2) is 6.79. The lowest BCUT2D eigenvalue weighted by Crippen LogP contribution is -2.42. The van der Waals surface area contributed by atoms with E-state index < -0.39 is 36.0 Å². The molecule has 3 rings (SSSR count). The summed E-state index contributed by atoms with van der Waals surface area (Å²) >= 11 is 0. The van der Waals surface area contributed by atoms with E-state index in [1.807, 2.05) is 27.7 Å². The summed E-state index contributed by atoms with van der Waals surface area (Å²) in [4.78, 5) is 14.2. The smallest absolute Gasteiger partial charge is 0.399 e. The van der Waals surface area contributed by atoms with Crippen LogP contribution < -0.4 is 5.46 Å². The molecule has 1 aromatic rings. The van der Waals surface area contributed by atoms with Gasteiger partial charge in [-0.2, -0.15) is 13.2 Å². The van der Waals surface area contributed by atoms with Crippen LogP contribution in [0.1, 0.15) is 43.6 Å². The minimum atomic E-state index is -4.58. The Bertz CT molecular complexity index is 714. The highest BCUT2D eigenvalue weighted by molar-refractivity contribution is 6.62. The zero-order valence-corrected chi connectivity index (χ0v) is 15.9. The molecule has 0 atom stereocenters. The summed E-state index contributed by atoms with van der Waals surface area (Å²) in [6.45, 7) is 8.72. The van der Waals surface area contributed by atoms with Crippen LogP contribution in [0.2, 0.25) is 0 Å². The van der Waals surface area contributed by atoms with Crippen LogP contribution in [0.5, 0.6) is 0 Å². The van der Waals surface area contributed by atoms with E-state index in [1.54, 1.807) is 0 Å². The van der Waals surface area contributed by atoms with Gasteiger partial charge in [0.2, 0.25) is 0 Å². The van der Waals surface area contributed by atoms with Gasteiger partial charge < -0.3 is 18.9 Å². The van der Waals surface area contributed by atoms with Crippen LogP contribution in [0.3, 0.4) is 0 Å². The Morgan fingerprint density at radius 2 is 1.59 bits per heavy atom. The van der Waals surface area contributed by atoms with Crippen molar-refractivity contribution in [2.24, 2.45) is 0 Å². The maximum Gasteiger partial charge on any atom is 0.494 e. The molecule has 0 aliphatic carbocycles. The molecule has 0 unspecified atom stereocenters. The summed E-state index contributed by atoms with van der Waals surface area (Å²) in [5.41, 5.74) is -2.14. The van der Waals surface area contributed by atoms with Crippen LogP contribution in [0.25, 0.3) is 0 Å². The van der Waals surface area contributed by atoms with Crippen LogP contribution in [0.15, 0.2) is 18.2 Å². The molecule has 148 valence electrons. The van der Waals surface area contributed by atoms with Crippen molar-refractivity contribution in [1.29, 1.82) is 0 Å². The number of hydrogen-bond donors (Lipinski definition) is 0. The third kappa shape index (κ3) is 4.00. The molecule has 0 N–H and O–H groups in total. The largest absolute Gasteiger partial charge is 0.494 e. The van der Waals surface area contributed by atoms with Crippen LogP contribution in [-0.2, 0) is 20.2 Å². The number of ether oxygens (including phenoxy) is 1. The molecule has 27 heavy (non-hydrogen) atoms. The lowest BCUT2D eigenvalue weighted by Gasteiger charge is -2.32. The maximum atomic E-state index is 13.4. The standard InChI is InChI=1S/C18H23BF3NO4/c1-16(2)17(3,4)27-19(26-16)14-10-12(9-13(11-14)18(20,21)22)15(24)23-5-7-25-8-6-23/h9-11H,5-8H2,1-4H3. The van der Waals surface area contributed by atoms with Gasteiger partial charge in [0.25, 0.3) is 5.91 Å². The van der Waals surface area contributed by atoms with Crippen molar-refractivity contribution in [2.75, 3.05) is 26.3 Å². The number of halogens is 3. The summed E-state index contributed by atoms with van der Waals surface area (Å²) in [5, 5.41) is 0. The fraction of sp³-hybridized carbons (Fsp3) is 0.611. The van der Waals surface area contributed by atoms with Crippen molar-refractivity contribution >= 4 is 18.5 Å². The number of rotatable bonds is 2. The molecule has 2 aliphatic heterocycles. The SMILES string of the molecule is CC1(C)OB(c2cc(C(=O)N3CCOCC3)cc(C(F)(F)F)c2)OC1(C)C. The predicted octanol–water partition coefficient (Wildman–Crippen LogP) is 2.48. The van der Waals surface area contributed by atoms with Crippen LogP contribution >= 0.6 is 0 Å². The van der Waals surface area contributed by atoms with E-state index in [0.29, 0.717) is 26.3 Å². The summed E-state index contributed by atoms with van der Waals surface area (Å²) in [7, 11) is -0.978. The van der Waals surface area contributed by atoms with Crippen LogP contribution in [0, 0.1) is 0 Å². The van der Waals surface area contributed by atoms with E-state index in [-0.39, 0.29) is 11.0 Å². The van der Waals surface area contributed by atoms with E-state index in [2.05, 4.69) is 0 Å². The number of carbonyl (C=O) groups excluding carboxylic acids is 1. The molecule has 2 fully saturated rings. The van der Waals surface area contributed by atoms with Crippen LogP contribution in [0.4, 0.5) is 13.2 Å². The molecule has 0 spiro atoms. The summed E-state index contributed by atoms with van der Waals surface area (Å²) < 4.78 is 57.2. The van der Waals surface area contributed by atoms with Gasteiger partial charge in [-0.3, -0.25) is 4.79 Å². The summed E-state index contributed by atoms with van der Waals surface area (Å²) in [6.07, 6.45) is -4.58. The number of morpholine rings is 1. The average molecular weight is 385 g/mol. The first-order chi connectivity index (χ1) is 12.4. The van der Waals surface area contributed by atoms with Gasteiger partial charge in [-0.05, 0) is 45.3 Å². The average Bonchev–Trinajstić information content (AvgIpc) is 2.81. The van der Waals surface area contributed by atoms with E-state index in [9.17, 15) is 18.0 Å².